The number of halogens is 1. The van der Waals surface area contributed by atoms with E-state index in [4.69, 9.17) is 5.11 Å². The third-order valence-electron chi connectivity index (χ3n) is 2.86. The molecule has 2 aromatic carbocycles. The van der Waals surface area contributed by atoms with Gasteiger partial charge in [0, 0.05) is 5.69 Å². The fourth-order valence-electron chi connectivity index (χ4n) is 1.77. The lowest BCUT2D eigenvalue weighted by Gasteiger charge is -2.11. The maximum Gasteiger partial charge on any atom is 0.337 e. The van der Waals surface area contributed by atoms with Crippen LogP contribution in [0.2, 0.25) is 0 Å². The number of carboxylic acid groups (broad SMARTS) is 1. The number of hydrogen-bond acceptors (Lipinski definition) is 2. The van der Waals surface area contributed by atoms with E-state index >= 15 is 0 Å². The van der Waals surface area contributed by atoms with Crippen molar-refractivity contribution in [2.45, 2.75) is 13.8 Å². The van der Waals surface area contributed by atoms with Crippen molar-refractivity contribution in [3.05, 3.63) is 58.9 Å². The summed E-state index contributed by atoms with van der Waals surface area (Å²) in [5, 5.41) is 12.1. The molecule has 0 amide bonds. The van der Waals surface area contributed by atoms with Crippen molar-refractivity contribution in [1.82, 2.24) is 0 Å². The van der Waals surface area contributed by atoms with E-state index in [-0.39, 0.29) is 11.4 Å². The summed E-state index contributed by atoms with van der Waals surface area (Å²) < 4.78 is 13.5. The standard InChI is InChI=1S/C15H14FNO2/c1-9-3-6-12(15(18)19)14(7-9)17-11-5-4-10(2)13(16)8-11/h3-8,17H,1-2H3,(H,18,19). The van der Waals surface area contributed by atoms with Crippen LogP contribution in [0.5, 0.6) is 0 Å². The van der Waals surface area contributed by atoms with Crippen LogP contribution in [-0.2, 0) is 0 Å². The molecule has 0 aromatic heterocycles. The molecule has 0 heterocycles. The second-order valence-electron chi connectivity index (χ2n) is 4.44. The molecule has 4 heteroatoms. The van der Waals surface area contributed by atoms with Gasteiger partial charge in [-0.05, 0) is 49.2 Å². The summed E-state index contributed by atoms with van der Waals surface area (Å²) in [5.74, 6) is -1.34. The van der Waals surface area contributed by atoms with Crippen molar-refractivity contribution in [3.63, 3.8) is 0 Å². The molecule has 0 atom stereocenters. The van der Waals surface area contributed by atoms with E-state index in [1.54, 1.807) is 31.2 Å². The molecule has 2 rings (SSSR count). The quantitative estimate of drug-likeness (QED) is 0.879. The monoisotopic (exact) mass is 259 g/mol. The van der Waals surface area contributed by atoms with Crippen LogP contribution in [0.25, 0.3) is 0 Å². The van der Waals surface area contributed by atoms with Gasteiger partial charge in [0.15, 0.2) is 0 Å². The average molecular weight is 259 g/mol. The van der Waals surface area contributed by atoms with Crippen molar-refractivity contribution in [1.29, 1.82) is 0 Å². The van der Waals surface area contributed by atoms with E-state index in [2.05, 4.69) is 5.32 Å². The molecular weight excluding hydrogens is 245 g/mol. The molecule has 0 aliphatic rings. The summed E-state index contributed by atoms with van der Waals surface area (Å²) in [7, 11) is 0. The number of carboxylic acids is 1. The first-order chi connectivity index (χ1) is 8.97. The topological polar surface area (TPSA) is 49.3 Å². The number of rotatable bonds is 3. The van der Waals surface area contributed by atoms with Crippen LogP contribution >= 0.6 is 0 Å². The van der Waals surface area contributed by atoms with Gasteiger partial charge in [-0.25, -0.2) is 9.18 Å². The fraction of sp³-hybridized carbons (Fsp3) is 0.133. The molecule has 0 spiro atoms. The number of benzene rings is 2. The van der Waals surface area contributed by atoms with Gasteiger partial charge in [0.25, 0.3) is 0 Å². The third kappa shape index (κ3) is 2.91. The Morgan fingerprint density at radius 2 is 1.89 bits per heavy atom. The van der Waals surface area contributed by atoms with Gasteiger partial charge in [0.05, 0.1) is 11.3 Å². The van der Waals surface area contributed by atoms with E-state index < -0.39 is 5.97 Å². The molecule has 0 saturated carbocycles. The van der Waals surface area contributed by atoms with Crippen molar-refractivity contribution < 1.29 is 14.3 Å². The highest BCUT2D eigenvalue weighted by Gasteiger charge is 2.10. The number of carbonyl (C=O) groups is 1. The molecule has 0 unspecified atom stereocenters. The predicted octanol–water partition coefficient (Wildman–Crippen LogP) is 3.88. The Bertz CT molecular complexity index is 638. The van der Waals surface area contributed by atoms with E-state index in [1.165, 1.54) is 12.1 Å². The Kier molecular flexibility index (Phi) is 3.51. The Morgan fingerprint density at radius 3 is 2.53 bits per heavy atom. The second kappa shape index (κ2) is 5.10. The molecule has 0 fully saturated rings. The zero-order chi connectivity index (χ0) is 14.0. The minimum Gasteiger partial charge on any atom is -0.478 e. The van der Waals surface area contributed by atoms with Gasteiger partial charge in [0.2, 0.25) is 0 Å². The largest absolute Gasteiger partial charge is 0.478 e. The van der Waals surface area contributed by atoms with E-state index in [9.17, 15) is 9.18 Å². The predicted molar refractivity (Wildman–Crippen MR) is 72.6 cm³/mol. The van der Waals surface area contributed by atoms with Gasteiger partial charge in [-0.15, -0.1) is 0 Å². The van der Waals surface area contributed by atoms with Crippen LogP contribution in [0.4, 0.5) is 15.8 Å². The highest BCUT2D eigenvalue weighted by Crippen LogP contribution is 2.23. The number of anilines is 2. The summed E-state index contributed by atoms with van der Waals surface area (Å²) >= 11 is 0. The summed E-state index contributed by atoms with van der Waals surface area (Å²) in [6.45, 7) is 3.54. The van der Waals surface area contributed by atoms with Crippen molar-refractivity contribution in [3.8, 4) is 0 Å². The smallest absolute Gasteiger partial charge is 0.337 e. The zero-order valence-corrected chi connectivity index (χ0v) is 10.7. The van der Waals surface area contributed by atoms with Gasteiger partial charge in [-0.3, -0.25) is 0 Å². The van der Waals surface area contributed by atoms with Gasteiger partial charge in [-0.2, -0.15) is 0 Å². The van der Waals surface area contributed by atoms with Gasteiger partial charge < -0.3 is 10.4 Å². The molecular formula is C15H14FNO2. The van der Waals surface area contributed by atoms with Crippen molar-refractivity contribution in [2.24, 2.45) is 0 Å². The van der Waals surface area contributed by atoms with E-state index in [1.807, 2.05) is 6.92 Å². The minimum atomic E-state index is -1.02. The van der Waals surface area contributed by atoms with Crippen LogP contribution in [0.15, 0.2) is 36.4 Å². The second-order valence-corrected chi connectivity index (χ2v) is 4.44. The number of hydrogen-bond donors (Lipinski definition) is 2. The van der Waals surface area contributed by atoms with Crippen molar-refractivity contribution in [2.75, 3.05) is 5.32 Å². The zero-order valence-electron chi connectivity index (χ0n) is 10.7. The van der Waals surface area contributed by atoms with Gasteiger partial charge in [-0.1, -0.05) is 12.1 Å². The average Bonchev–Trinajstić information content (AvgIpc) is 2.33. The first kappa shape index (κ1) is 13.1. The molecule has 2 aromatic rings. The molecule has 19 heavy (non-hydrogen) atoms. The number of aromatic carboxylic acids is 1. The maximum atomic E-state index is 13.5. The molecule has 0 bridgehead atoms. The van der Waals surface area contributed by atoms with Crippen LogP contribution in [0.1, 0.15) is 21.5 Å². The third-order valence-corrected chi connectivity index (χ3v) is 2.86. The van der Waals surface area contributed by atoms with Crippen molar-refractivity contribution >= 4 is 17.3 Å². The van der Waals surface area contributed by atoms with Crippen LogP contribution < -0.4 is 5.32 Å². The molecule has 0 aliphatic heterocycles. The molecule has 2 N–H and O–H groups in total. The van der Waals surface area contributed by atoms with Crippen LogP contribution in [0, 0.1) is 19.7 Å². The first-order valence-electron chi connectivity index (χ1n) is 5.84. The van der Waals surface area contributed by atoms with E-state index in [0.717, 1.165) is 5.56 Å². The lowest BCUT2D eigenvalue weighted by Crippen LogP contribution is -2.03. The highest BCUT2D eigenvalue weighted by molar-refractivity contribution is 5.95. The van der Waals surface area contributed by atoms with Crippen LogP contribution in [-0.4, -0.2) is 11.1 Å². The summed E-state index contributed by atoms with van der Waals surface area (Å²) in [6.07, 6.45) is 0. The van der Waals surface area contributed by atoms with Gasteiger partial charge in [0.1, 0.15) is 5.82 Å². The summed E-state index contributed by atoms with van der Waals surface area (Å²) in [5.41, 5.74) is 2.62. The van der Waals surface area contributed by atoms with Gasteiger partial charge >= 0.3 is 5.97 Å². The molecule has 0 saturated heterocycles. The van der Waals surface area contributed by atoms with E-state index in [0.29, 0.717) is 16.9 Å². The minimum absolute atomic E-state index is 0.159. The molecule has 0 radical (unpaired) electrons. The number of nitrogens with one attached hydrogen (secondary N) is 1. The molecule has 0 aliphatic carbocycles. The van der Waals surface area contributed by atoms with Crippen LogP contribution in [0.3, 0.4) is 0 Å². The highest BCUT2D eigenvalue weighted by atomic mass is 19.1. The Labute approximate surface area is 110 Å². The summed E-state index contributed by atoms with van der Waals surface area (Å²) in [4.78, 5) is 11.1. The number of aryl methyl sites for hydroxylation is 2. The summed E-state index contributed by atoms with van der Waals surface area (Å²) in [6, 6.07) is 9.69. The lowest BCUT2D eigenvalue weighted by atomic mass is 10.1. The Morgan fingerprint density at radius 1 is 1.16 bits per heavy atom. The molecule has 98 valence electrons. The first-order valence-corrected chi connectivity index (χ1v) is 5.84. The maximum absolute atomic E-state index is 13.5. The fourth-order valence-corrected chi connectivity index (χ4v) is 1.77. The lowest BCUT2D eigenvalue weighted by molar-refractivity contribution is 0.0698. The SMILES string of the molecule is Cc1ccc(C(=O)O)c(Nc2ccc(C)c(F)c2)c1. The molecule has 3 nitrogen and oxygen atoms in total. The Hall–Kier alpha value is -2.36. The Balaban J connectivity index is 2.39. The normalized spacial score (nSPS) is 10.3.